The Kier molecular flexibility index (Phi) is 6.95. The third kappa shape index (κ3) is 5.53. The van der Waals surface area contributed by atoms with Gasteiger partial charge in [0.2, 0.25) is 10.0 Å². The minimum absolute atomic E-state index is 0.104. The Morgan fingerprint density at radius 3 is 2.41 bits per heavy atom. The average Bonchev–Trinajstić information content (AvgIpc) is 2.62. The SMILES string of the molecule is COC[C@@H](C)Nc1ccc(C(=O)O)cc1S(=O)(=O)N[C@H](C)c1ccccc1. The monoisotopic (exact) mass is 392 g/mol. The van der Waals surface area contributed by atoms with E-state index in [9.17, 15) is 18.3 Å². The van der Waals surface area contributed by atoms with Gasteiger partial charge >= 0.3 is 5.97 Å². The van der Waals surface area contributed by atoms with Crippen molar-refractivity contribution in [3.63, 3.8) is 0 Å². The summed E-state index contributed by atoms with van der Waals surface area (Å²) in [6.07, 6.45) is 0. The number of rotatable bonds is 9. The number of sulfonamides is 1. The van der Waals surface area contributed by atoms with Gasteiger partial charge in [-0.15, -0.1) is 0 Å². The fraction of sp³-hybridized carbons (Fsp3) is 0.316. The normalized spacial score (nSPS) is 13.7. The summed E-state index contributed by atoms with van der Waals surface area (Å²) >= 11 is 0. The van der Waals surface area contributed by atoms with Crippen LogP contribution in [-0.2, 0) is 14.8 Å². The Bertz CT molecular complexity index is 884. The first kappa shape index (κ1) is 20.9. The summed E-state index contributed by atoms with van der Waals surface area (Å²) in [7, 11) is -2.42. The molecule has 0 saturated heterocycles. The molecule has 2 rings (SSSR count). The first-order chi connectivity index (χ1) is 12.7. The molecular weight excluding hydrogens is 368 g/mol. The van der Waals surface area contributed by atoms with Crippen molar-refractivity contribution < 1.29 is 23.1 Å². The summed E-state index contributed by atoms with van der Waals surface area (Å²) in [4.78, 5) is 11.2. The van der Waals surface area contributed by atoms with Crippen LogP contribution in [0.25, 0.3) is 0 Å². The summed E-state index contributed by atoms with van der Waals surface area (Å²) in [6, 6.07) is 12.5. The Morgan fingerprint density at radius 1 is 1.15 bits per heavy atom. The van der Waals surface area contributed by atoms with Gasteiger partial charge in [0.05, 0.1) is 17.9 Å². The minimum atomic E-state index is -3.97. The van der Waals surface area contributed by atoms with Crippen LogP contribution in [-0.4, -0.2) is 39.3 Å². The van der Waals surface area contributed by atoms with Crippen molar-refractivity contribution in [1.82, 2.24) is 4.72 Å². The molecule has 0 fully saturated rings. The van der Waals surface area contributed by atoms with Crippen LogP contribution < -0.4 is 10.0 Å². The lowest BCUT2D eigenvalue weighted by atomic mass is 10.1. The molecule has 0 heterocycles. The van der Waals surface area contributed by atoms with Crippen LogP contribution in [0.5, 0.6) is 0 Å². The minimum Gasteiger partial charge on any atom is -0.478 e. The number of anilines is 1. The molecule has 146 valence electrons. The molecule has 0 aliphatic carbocycles. The number of aromatic carboxylic acids is 1. The molecule has 7 nitrogen and oxygen atoms in total. The van der Waals surface area contributed by atoms with E-state index in [0.29, 0.717) is 12.3 Å². The average molecular weight is 392 g/mol. The fourth-order valence-corrected chi connectivity index (χ4v) is 4.09. The van der Waals surface area contributed by atoms with Gasteiger partial charge in [-0.2, -0.15) is 0 Å². The second kappa shape index (κ2) is 8.98. The maximum atomic E-state index is 13.0. The Hall–Kier alpha value is -2.42. The molecule has 8 heteroatoms. The largest absolute Gasteiger partial charge is 0.478 e. The third-order valence-corrected chi connectivity index (χ3v) is 5.55. The molecule has 3 N–H and O–H groups in total. The lowest BCUT2D eigenvalue weighted by Crippen LogP contribution is -2.29. The zero-order valence-corrected chi connectivity index (χ0v) is 16.3. The van der Waals surface area contributed by atoms with Gasteiger partial charge in [-0.1, -0.05) is 30.3 Å². The second-order valence-corrected chi connectivity index (χ2v) is 7.95. The summed E-state index contributed by atoms with van der Waals surface area (Å²) in [5.41, 5.74) is 1.02. The van der Waals surface area contributed by atoms with Crippen LogP contribution in [0, 0.1) is 0 Å². The van der Waals surface area contributed by atoms with Crippen LogP contribution >= 0.6 is 0 Å². The van der Waals surface area contributed by atoms with Crippen molar-refractivity contribution in [3.8, 4) is 0 Å². The molecule has 0 spiro atoms. The molecule has 2 aromatic rings. The third-order valence-electron chi connectivity index (χ3n) is 3.97. The zero-order valence-electron chi connectivity index (χ0n) is 15.5. The highest BCUT2D eigenvalue weighted by atomic mass is 32.2. The predicted molar refractivity (Wildman–Crippen MR) is 104 cm³/mol. The van der Waals surface area contributed by atoms with Crippen LogP contribution in [0.3, 0.4) is 0 Å². The highest BCUT2D eigenvalue weighted by Gasteiger charge is 2.24. The Morgan fingerprint density at radius 2 is 1.81 bits per heavy atom. The van der Waals surface area contributed by atoms with Gasteiger partial charge in [0.25, 0.3) is 0 Å². The zero-order chi connectivity index (χ0) is 20.0. The van der Waals surface area contributed by atoms with Gasteiger partial charge in [-0.05, 0) is 37.6 Å². The molecule has 0 radical (unpaired) electrons. The van der Waals surface area contributed by atoms with Crippen molar-refractivity contribution >= 4 is 21.7 Å². The van der Waals surface area contributed by atoms with Crippen LogP contribution in [0.1, 0.15) is 35.8 Å². The van der Waals surface area contributed by atoms with E-state index in [2.05, 4.69) is 10.0 Å². The standard InChI is InChI=1S/C19H24N2O5S/c1-13(12-26-3)20-17-10-9-16(19(22)23)11-18(17)27(24,25)21-14(2)15-7-5-4-6-8-15/h4-11,13-14,20-21H,12H2,1-3H3,(H,22,23)/t13-,14-/m1/s1. The Balaban J connectivity index is 2.39. The van der Waals surface area contributed by atoms with E-state index in [4.69, 9.17) is 4.74 Å². The summed E-state index contributed by atoms with van der Waals surface area (Å²) in [6.45, 7) is 3.94. The van der Waals surface area contributed by atoms with E-state index < -0.39 is 22.0 Å². The molecule has 0 aliphatic rings. The number of hydrogen-bond donors (Lipinski definition) is 3. The molecule has 0 bridgehead atoms. The lowest BCUT2D eigenvalue weighted by molar-refractivity contribution is 0.0696. The maximum Gasteiger partial charge on any atom is 0.335 e. The lowest BCUT2D eigenvalue weighted by Gasteiger charge is -2.20. The number of benzene rings is 2. The molecule has 0 saturated carbocycles. The van der Waals surface area contributed by atoms with Gasteiger partial charge in [-0.25, -0.2) is 17.9 Å². The van der Waals surface area contributed by atoms with E-state index in [0.717, 1.165) is 11.6 Å². The van der Waals surface area contributed by atoms with Crippen LogP contribution in [0.15, 0.2) is 53.4 Å². The smallest absolute Gasteiger partial charge is 0.335 e. The van der Waals surface area contributed by atoms with E-state index in [1.165, 1.54) is 12.1 Å². The highest BCUT2D eigenvalue weighted by Crippen LogP contribution is 2.26. The van der Waals surface area contributed by atoms with Gasteiger partial charge in [0.1, 0.15) is 4.90 Å². The number of hydrogen-bond acceptors (Lipinski definition) is 5. The molecule has 27 heavy (non-hydrogen) atoms. The maximum absolute atomic E-state index is 13.0. The van der Waals surface area contributed by atoms with E-state index in [1.807, 2.05) is 37.3 Å². The number of ether oxygens (including phenoxy) is 1. The van der Waals surface area contributed by atoms with Crippen molar-refractivity contribution in [1.29, 1.82) is 0 Å². The fourth-order valence-electron chi connectivity index (χ4n) is 2.66. The van der Waals surface area contributed by atoms with Crippen molar-refractivity contribution in [2.75, 3.05) is 19.0 Å². The summed E-state index contributed by atoms with van der Waals surface area (Å²) < 4.78 is 33.6. The van der Waals surface area contributed by atoms with Gasteiger partial charge in [0.15, 0.2) is 0 Å². The van der Waals surface area contributed by atoms with Crippen molar-refractivity contribution in [2.45, 2.75) is 30.8 Å². The number of carbonyl (C=O) groups is 1. The molecule has 2 aromatic carbocycles. The van der Waals surface area contributed by atoms with E-state index in [-0.39, 0.29) is 16.5 Å². The molecule has 0 aliphatic heterocycles. The van der Waals surface area contributed by atoms with Gasteiger partial charge in [-0.3, -0.25) is 0 Å². The number of nitrogens with one attached hydrogen (secondary N) is 2. The summed E-state index contributed by atoms with van der Waals surface area (Å²) in [5.74, 6) is -1.20. The first-order valence-electron chi connectivity index (χ1n) is 8.44. The van der Waals surface area contributed by atoms with Crippen LogP contribution in [0.2, 0.25) is 0 Å². The topological polar surface area (TPSA) is 105 Å². The molecule has 0 amide bonds. The van der Waals surface area contributed by atoms with Crippen molar-refractivity contribution in [2.24, 2.45) is 0 Å². The van der Waals surface area contributed by atoms with Crippen molar-refractivity contribution in [3.05, 3.63) is 59.7 Å². The van der Waals surface area contributed by atoms with Gasteiger partial charge < -0.3 is 15.2 Å². The second-order valence-electron chi connectivity index (χ2n) is 6.27. The van der Waals surface area contributed by atoms with Crippen LogP contribution in [0.4, 0.5) is 5.69 Å². The quantitative estimate of drug-likeness (QED) is 0.606. The number of carboxylic acid groups (broad SMARTS) is 1. The van der Waals surface area contributed by atoms with Gasteiger partial charge in [0, 0.05) is 19.2 Å². The first-order valence-corrected chi connectivity index (χ1v) is 9.93. The predicted octanol–water partition coefficient (Wildman–Crippen LogP) is 2.87. The summed E-state index contributed by atoms with van der Waals surface area (Å²) in [5, 5.41) is 12.3. The highest BCUT2D eigenvalue weighted by molar-refractivity contribution is 7.89. The Labute approximate surface area is 159 Å². The molecule has 2 atom stereocenters. The number of methoxy groups -OCH3 is 1. The molecule has 0 unspecified atom stereocenters. The molecular formula is C19H24N2O5S. The van der Waals surface area contributed by atoms with E-state index >= 15 is 0 Å². The number of carboxylic acids is 1. The van der Waals surface area contributed by atoms with E-state index in [1.54, 1.807) is 14.0 Å². The molecule has 0 aromatic heterocycles.